The van der Waals surface area contributed by atoms with Crippen LogP contribution in [0.2, 0.25) is 0 Å². The molecule has 10 nitrogen and oxygen atoms in total. The van der Waals surface area contributed by atoms with Gasteiger partial charge in [0.15, 0.2) is 11.0 Å². The Morgan fingerprint density at radius 3 is 2.40 bits per heavy atom. The Labute approximate surface area is 228 Å². The minimum Gasteiger partial charge on any atom is -0.508 e. The zero-order chi connectivity index (χ0) is 28.4. The highest BCUT2D eigenvalue weighted by atomic mass is 16.5. The van der Waals surface area contributed by atoms with Gasteiger partial charge in [-0.15, -0.1) is 0 Å². The minimum absolute atomic E-state index is 0.0259. The number of aliphatic hydroxyl groups excluding tert-OH is 2. The Hall–Kier alpha value is -4.25. The van der Waals surface area contributed by atoms with Crippen molar-refractivity contribution in [3.8, 4) is 23.0 Å². The maximum absolute atomic E-state index is 13.1. The molecule has 4 atom stereocenters. The summed E-state index contributed by atoms with van der Waals surface area (Å²) in [7, 11) is 0. The van der Waals surface area contributed by atoms with Crippen LogP contribution in [-0.2, 0) is 6.42 Å². The number of aliphatic hydroxyl groups is 3. The molecule has 0 bridgehead atoms. The molecule has 1 saturated carbocycles. The smallest absolute Gasteiger partial charge is 0.196 e. The Balaban J connectivity index is 1.42. The first kappa shape index (κ1) is 26.0. The van der Waals surface area contributed by atoms with E-state index >= 15 is 0 Å². The Morgan fingerprint density at radius 1 is 1.02 bits per heavy atom. The third-order valence-corrected chi connectivity index (χ3v) is 8.35. The van der Waals surface area contributed by atoms with Gasteiger partial charge in [-0.2, -0.15) is 0 Å². The van der Waals surface area contributed by atoms with Gasteiger partial charge in [0, 0.05) is 35.9 Å². The molecule has 1 aliphatic heterocycles. The lowest BCUT2D eigenvalue weighted by Crippen LogP contribution is -2.66. The third-order valence-electron chi connectivity index (χ3n) is 8.35. The number of rotatable bonds is 4. The van der Waals surface area contributed by atoms with Crippen LogP contribution in [0.25, 0.3) is 11.0 Å². The molecule has 2 heterocycles. The molecule has 1 aromatic heterocycles. The van der Waals surface area contributed by atoms with Crippen molar-refractivity contribution in [2.24, 2.45) is 0 Å². The van der Waals surface area contributed by atoms with E-state index in [2.05, 4.69) is 0 Å². The second-order valence-electron chi connectivity index (χ2n) is 10.8. The second kappa shape index (κ2) is 9.16. The lowest BCUT2D eigenvalue weighted by atomic mass is 9.63. The molecule has 8 N–H and O–H groups in total. The Morgan fingerprint density at radius 2 is 1.73 bits per heavy atom. The van der Waals surface area contributed by atoms with Crippen molar-refractivity contribution in [3.05, 3.63) is 87.3 Å². The fraction of sp³-hybridized carbons (Fsp3) is 0.300. The van der Waals surface area contributed by atoms with Gasteiger partial charge in [0.2, 0.25) is 0 Å². The molecule has 2 aliphatic rings. The molecule has 1 fully saturated rings. The van der Waals surface area contributed by atoms with Crippen LogP contribution in [0.5, 0.6) is 23.0 Å². The number of ether oxygens (including phenoxy) is 1. The lowest BCUT2D eigenvalue weighted by molar-refractivity contribution is -0.191. The number of phenols is 3. The number of hydrogen-bond acceptors (Lipinski definition) is 10. The monoisotopic (exact) mass is 547 g/mol. The topological polar surface area (TPSA) is 187 Å². The molecular weight excluding hydrogens is 518 g/mol. The molecular formula is C30H29NO9. The number of benzene rings is 3. The summed E-state index contributed by atoms with van der Waals surface area (Å²) in [6, 6.07) is 13.4. The summed E-state index contributed by atoms with van der Waals surface area (Å²) in [5, 5.41) is 63.8. The van der Waals surface area contributed by atoms with Crippen LogP contribution in [0, 0.1) is 0 Å². The highest BCUT2D eigenvalue weighted by Crippen LogP contribution is 2.54. The van der Waals surface area contributed by atoms with Gasteiger partial charge in [-0.25, -0.2) is 0 Å². The normalized spacial score (nSPS) is 24.6. The maximum Gasteiger partial charge on any atom is 0.196 e. The van der Waals surface area contributed by atoms with Crippen molar-refractivity contribution in [3.63, 3.8) is 0 Å². The van der Waals surface area contributed by atoms with Crippen molar-refractivity contribution in [1.29, 1.82) is 0 Å². The van der Waals surface area contributed by atoms with Gasteiger partial charge in [0.1, 0.15) is 51.4 Å². The second-order valence-corrected chi connectivity index (χ2v) is 10.8. The van der Waals surface area contributed by atoms with Gasteiger partial charge >= 0.3 is 0 Å². The summed E-state index contributed by atoms with van der Waals surface area (Å²) in [5.41, 5.74) is 4.17. The van der Waals surface area contributed by atoms with E-state index in [1.54, 1.807) is 12.1 Å². The average Bonchev–Trinajstić information content (AvgIpc) is 2.91. The molecule has 1 aliphatic carbocycles. The van der Waals surface area contributed by atoms with E-state index in [4.69, 9.17) is 14.9 Å². The highest BCUT2D eigenvalue weighted by Gasteiger charge is 2.59. The molecule has 0 unspecified atom stereocenters. The minimum atomic E-state index is -1.51. The van der Waals surface area contributed by atoms with E-state index in [1.807, 2.05) is 12.1 Å². The summed E-state index contributed by atoms with van der Waals surface area (Å²) in [6.07, 6.45) is -0.363. The fourth-order valence-electron chi connectivity index (χ4n) is 6.19. The number of fused-ring (bicyclic) bond motifs is 3. The maximum atomic E-state index is 13.1. The standard InChI is InChI=1S/C30H29NO9/c31-18-3-1-15(2-4-18)16-5-6-29(38)13-21-23(40-30(29,12-16)14-32)11-24-26(28(21)37)22(35)10-25(39-24)27(36)17-7-19(33)9-20(34)8-17/h1-4,7-11,16,27,32-34,36-38H,5-6,12-14,31H2/t16-,27-,29-,30-/m1/s1. The van der Waals surface area contributed by atoms with Crippen molar-refractivity contribution in [1.82, 2.24) is 0 Å². The molecule has 4 aromatic rings. The lowest BCUT2D eigenvalue weighted by Gasteiger charge is -2.54. The fourth-order valence-corrected chi connectivity index (χ4v) is 6.19. The number of nitrogens with two attached hydrogens (primary N) is 1. The van der Waals surface area contributed by atoms with E-state index in [1.165, 1.54) is 18.2 Å². The van der Waals surface area contributed by atoms with Gasteiger partial charge in [0.25, 0.3) is 0 Å². The van der Waals surface area contributed by atoms with Crippen LogP contribution in [-0.4, -0.2) is 48.4 Å². The largest absolute Gasteiger partial charge is 0.508 e. The van der Waals surface area contributed by atoms with Crippen molar-refractivity contribution in [2.45, 2.75) is 48.9 Å². The molecule has 40 heavy (non-hydrogen) atoms. The Kier molecular flexibility index (Phi) is 5.95. The van der Waals surface area contributed by atoms with Crippen molar-refractivity contribution < 1.29 is 39.8 Å². The van der Waals surface area contributed by atoms with E-state index in [0.717, 1.165) is 17.7 Å². The van der Waals surface area contributed by atoms with Crippen LogP contribution in [0.15, 0.2) is 63.8 Å². The highest BCUT2D eigenvalue weighted by molar-refractivity contribution is 5.87. The quantitative estimate of drug-likeness (QED) is 0.187. The average molecular weight is 548 g/mol. The molecule has 0 saturated heterocycles. The summed E-state index contributed by atoms with van der Waals surface area (Å²) in [6.45, 7) is -0.489. The van der Waals surface area contributed by atoms with Crippen LogP contribution < -0.4 is 15.9 Å². The van der Waals surface area contributed by atoms with Crippen LogP contribution >= 0.6 is 0 Å². The molecule has 10 heteroatoms. The third kappa shape index (κ3) is 4.03. The number of anilines is 1. The molecule has 3 aromatic carbocycles. The van der Waals surface area contributed by atoms with E-state index in [0.29, 0.717) is 18.5 Å². The summed E-state index contributed by atoms with van der Waals surface area (Å²) in [5.74, 6) is -1.05. The first-order valence-electron chi connectivity index (χ1n) is 12.9. The number of phenolic OH excluding ortho intramolecular Hbond substituents is 3. The number of aromatic hydroxyl groups is 3. The zero-order valence-corrected chi connectivity index (χ0v) is 21.4. The summed E-state index contributed by atoms with van der Waals surface area (Å²) in [4.78, 5) is 13.1. The molecule has 0 amide bonds. The molecule has 208 valence electrons. The summed E-state index contributed by atoms with van der Waals surface area (Å²) < 4.78 is 12.1. The first-order chi connectivity index (χ1) is 19.0. The van der Waals surface area contributed by atoms with Crippen molar-refractivity contribution >= 4 is 16.7 Å². The SMILES string of the molecule is Nc1ccc([C@@H]2CC[C@@]3(O)Cc4c(cc5oc([C@H](O)c6cc(O)cc(O)c6)cc(=O)c5c4O)O[C@@]3(CO)C2)cc1. The van der Waals surface area contributed by atoms with E-state index in [-0.39, 0.29) is 63.9 Å². The molecule has 6 rings (SSSR count). The number of nitrogen functional groups attached to an aromatic ring is 1. The summed E-state index contributed by atoms with van der Waals surface area (Å²) >= 11 is 0. The van der Waals surface area contributed by atoms with E-state index < -0.39 is 35.1 Å². The van der Waals surface area contributed by atoms with Crippen molar-refractivity contribution in [2.75, 3.05) is 12.3 Å². The molecule has 0 spiro atoms. The zero-order valence-electron chi connectivity index (χ0n) is 21.4. The Bertz CT molecular complexity index is 1660. The van der Waals surface area contributed by atoms with Gasteiger partial charge in [-0.3, -0.25) is 4.79 Å². The number of hydrogen-bond donors (Lipinski definition) is 7. The van der Waals surface area contributed by atoms with E-state index in [9.17, 15) is 35.4 Å². The predicted octanol–water partition coefficient (Wildman–Crippen LogP) is 2.94. The van der Waals surface area contributed by atoms with Gasteiger partial charge < -0.3 is 45.5 Å². The molecule has 0 radical (unpaired) electrons. The van der Waals surface area contributed by atoms with Crippen LogP contribution in [0.4, 0.5) is 5.69 Å². The van der Waals surface area contributed by atoms with Crippen LogP contribution in [0.1, 0.15) is 53.7 Å². The van der Waals surface area contributed by atoms with Gasteiger partial charge in [-0.05, 0) is 60.6 Å². The predicted molar refractivity (Wildman–Crippen MR) is 145 cm³/mol. The van der Waals surface area contributed by atoms with Gasteiger partial charge in [0.05, 0.1) is 6.61 Å². The first-order valence-corrected chi connectivity index (χ1v) is 12.9. The van der Waals surface area contributed by atoms with Crippen LogP contribution in [0.3, 0.4) is 0 Å². The van der Waals surface area contributed by atoms with Gasteiger partial charge in [-0.1, -0.05) is 12.1 Å².